The van der Waals surface area contributed by atoms with Crippen LogP contribution >= 0.6 is 0 Å². The Bertz CT molecular complexity index is 303. The van der Waals surface area contributed by atoms with E-state index in [1.54, 1.807) is 4.59 Å². The fourth-order valence-electron chi connectivity index (χ4n) is 1.25. The van der Waals surface area contributed by atoms with E-state index in [1.807, 2.05) is 0 Å². The second kappa shape index (κ2) is 5.33. The van der Waals surface area contributed by atoms with E-state index in [0.29, 0.717) is 29.9 Å². The van der Waals surface area contributed by atoms with Crippen molar-refractivity contribution in [3.05, 3.63) is 35.9 Å². The van der Waals surface area contributed by atoms with Crippen molar-refractivity contribution < 1.29 is 21.5 Å². The van der Waals surface area contributed by atoms with Crippen LogP contribution in [0.25, 0.3) is 0 Å². The molecule has 1 aliphatic heterocycles. The van der Waals surface area contributed by atoms with E-state index in [-0.39, 0.29) is 17.0 Å². The van der Waals surface area contributed by atoms with Crippen LogP contribution in [0, 0.1) is 0 Å². The van der Waals surface area contributed by atoms with Crippen molar-refractivity contribution in [3.63, 3.8) is 0 Å². The van der Waals surface area contributed by atoms with E-state index >= 15 is 0 Å². The van der Waals surface area contributed by atoms with Gasteiger partial charge in [0.2, 0.25) is 0 Å². The maximum absolute atomic E-state index is 3.82. The first-order chi connectivity index (χ1) is 5.92. The molecule has 1 nitrogen and oxygen atoms in total. The van der Waals surface area contributed by atoms with Crippen LogP contribution in [0.2, 0.25) is 5.32 Å². The summed E-state index contributed by atoms with van der Waals surface area (Å²) in [5, 5.41) is 1.36. The average molecular weight is 370 g/mol. The van der Waals surface area contributed by atoms with Gasteiger partial charge in [-0.05, 0) is 0 Å². The number of pyridine rings is 1. The zero-order valence-corrected chi connectivity index (χ0v) is 12.0. The Kier molecular flexibility index (Phi) is 4.71. The van der Waals surface area contributed by atoms with E-state index in [4.69, 9.17) is 0 Å². The van der Waals surface area contributed by atoms with Crippen LogP contribution in [0.15, 0.2) is 35.9 Å². The van der Waals surface area contributed by atoms with Crippen LogP contribution in [0.4, 0.5) is 0 Å². The molecule has 1 unspecified atom stereocenters. The van der Waals surface area contributed by atoms with Gasteiger partial charge in [0.05, 0.1) is 0 Å². The molecule has 0 N–H and O–H groups in total. The summed E-state index contributed by atoms with van der Waals surface area (Å²) in [6.07, 6.45) is 2.21. The van der Waals surface area contributed by atoms with Crippen molar-refractivity contribution in [1.29, 1.82) is 0 Å². The predicted octanol–water partition coefficient (Wildman–Crippen LogP) is -2.91. The SMILES string of the molecule is C=C[Se]C1C[Se]c2cccc[n+]21.[Br-]. The van der Waals surface area contributed by atoms with Crippen molar-refractivity contribution in [3.8, 4) is 0 Å². The minimum atomic E-state index is 0. The first-order valence-corrected chi connectivity index (χ1v) is 7.86. The van der Waals surface area contributed by atoms with Crippen LogP contribution in [-0.4, -0.2) is 29.9 Å². The zero-order valence-electron chi connectivity index (χ0n) is 7.02. The summed E-state index contributed by atoms with van der Waals surface area (Å²) in [4.78, 5) is 2.84. The maximum atomic E-state index is 3.82. The molecule has 0 saturated carbocycles. The van der Waals surface area contributed by atoms with Crippen molar-refractivity contribution in [2.45, 2.75) is 10.3 Å². The average Bonchev–Trinajstić information content (AvgIpc) is 2.50. The van der Waals surface area contributed by atoms with E-state index in [0.717, 1.165) is 4.94 Å². The van der Waals surface area contributed by atoms with E-state index < -0.39 is 0 Å². The molecule has 0 amide bonds. The Hall–Kier alpha value is 0.409. The van der Waals surface area contributed by atoms with E-state index in [2.05, 4.69) is 40.5 Å². The van der Waals surface area contributed by atoms with E-state index in [1.165, 1.54) is 5.32 Å². The summed E-state index contributed by atoms with van der Waals surface area (Å²) in [6, 6.07) is 6.51. The summed E-state index contributed by atoms with van der Waals surface area (Å²) in [5.74, 6) is 0. The number of hydrogen-bond donors (Lipinski definition) is 0. The molecule has 0 radical (unpaired) electrons. The maximum Gasteiger partial charge on any atom is -1.00 e. The number of halogens is 1. The fraction of sp³-hybridized carbons (Fsp3) is 0.222. The van der Waals surface area contributed by atoms with Gasteiger partial charge in [0.1, 0.15) is 0 Å². The molecule has 0 fully saturated rings. The van der Waals surface area contributed by atoms with Crippen LogP contribution in [0.3, 0.4) is 0 Å². The summed E-state index contributed by atoms with van der Waals surface area (Å²) in [7, 11) is 0. The molecular formula is C9H10BrNSe2. The van der Waals surface area contributed by atoms with Crippen molar-refractivity contribution in [2.24, 2.45) is 0 Å². The first kappa shape index (κ1) is 11.5. The summed E-state index contributed by atoms with van der Waals surface area (Å²) >= 11 is 1.29. The Morgan fingerprint density at radius 3 is 3.23 bits per heavy atom. The summed E-state index contributed by atoms with van der Waals surface area (Å²) in [5.41, 5.74) is 0. The third-order valence-electron chi connectivity index (χ3n) is 1.79. The van der Waals surface area contributed by atoms with Gasteiger partial charge < -0.3 is 17.0 Å². The molecule has 0 aliphatic carbocycles. The van der Waals surface area contributed by atoms with Crippen molar-refractivity contribution >= 4 is 34.5 Å². The minimum Gasteiger partial charge on any atom is -1.00 e. The van der Waals surface area contributed by atoms with E-state index in [9.17, 15) is 0 Å². The molecule has 1 aromatic heterocycles. The molecule has 4 heteroatoms. The summed E-state index contributed by atoms with van der Waals surface area (Å²) < 4.78 is 3.97. The first-order valence-electron chi connectivity index (χ1n) is 3.81. The normalized spacial score (nSPS) is 18.9. The molecule has 1 aliphatic rings. The van der Waals surface area contributed by atoms with Crippen LogP contribution in [0.5, 0.6) is 0 Å². The molecule has 13 heavy (non-hydrogen) atoms. The molecule has 0 saturated heterocycles. The second-order valence-electron chi connectivity index (χ2n) is 2.51. The van der Waals surface area contributed by atoms with Crippen LogP contribution < -0.4 is 26.1 Å². The topological polar surface area (TPSA) is 3.88 Å². The van der Waals surface area contributed by atoms with Gasteiger partial charge in [-0.25, -0.2) is 0 Å². The van der Waals surface area contributed by atoms with Crippen molar-refractivity contribution in [1.82, 2.24) is 0 Å². The standard InChI is InChI=1S/C9H10NSe2.BrH/c1-2-11-9-7-12-8-5-3-4-6-10(8)9;/h2-6,9H,1,7H2;1H/q+1;/p-1. The molecule has 0 bridgehead atoms. The van der Waals surface area contributed by atoms with Crippen LogP contribution in [0.1, 0.15) is 4.94 Å². The number of fused-ring (bicyclic) bond motifs is 1. The third kappa shape index (κ3) is 2.45. The molecule has 0 aromatic carbocycles. The van der Waals surface area contributed by atoms with Gasteiger partial charge in [0, 0.05) is 0 Å². The summed E-state index contributed by atoms with van der Waals surface area (Å²) in [6.45, 7) is 3.82. The van der Waals surface area contributed by atoms with Gasteiger partial charge in [0.15, 0.2) is 0 Å². The number of nitrogens with zero attached hydrogens (tertiary/aromatic N) is 1. The molecular weight excluding hydrogens is 360 g/mol. The van der Waals surface area contributed by atoms with Gasteiger partial charge in [-0.3, -0.25) is 0 Å². The molecule has 0 spiro atoms. The molecule has 70 valence electrons. The Labute approximate surface area is 102 Å². The second-order valence-corrected chi connectivity index (χ2v) is 7.11. The van der Waals surface area contributed by atoms with Crippen molar-refractivity contribution in [2.75, 3.05) is 0 Å². The fourth-order valence-corrected chi connectivity index (χ4v) is 6.55. The van der Waals surface area contributed by atoms with Crippen LogP contribution in [-0.2, 0) is 0 Å². The Morgan fingerprint density at radius 2 is 2.46 bits per heavy atom. The third-order valence-corrected chi connectivity index (χ3v) is 7.11. The monoisotopic (exact) mass is 371 g/mol. The Balaban J connectivity index is 0.000000845. The van der Waals surface area contributed by atoms with Gasteiger partial charge in [-0.1, -0.05) is 0 Å². The minimum absolute atomic E-state index is 0. The quantitative estimate of drug-likeness (QED) is 0.388. The molecule has 1 aromatic rings. The van der Waals surface area contributed by atoms with Gasteiger partial charge >= 0.3 is 85.3 Å². The van der Waals surface area contributed by atoms with Gasteiger partial charge in [-0.2, -0.15) is 0 Å². The van der Waals surface area contributed by atoms with Gasteiger partial charge in [0.25, 0.3) is 0 Å². The largest absolute Gasteiger partial charge is 1.00 e. The molecule has 2 rings (SSSR count). The molecule has 2 heterocycles. The predicted molar refractivity (Wildman–Crippen MR) is 51.8 cm³/mol. The Morgan fingerprint density at radius 1 is 1.62 bits per heavy atom. The molecule has 1 atom stereocenters. The zero-order chi connectivity index (χ0) is 8.39. The number of hydrogen-bond acceptors (Lipinski definition) is 0. The van der Waals surface area contributed by atoms with Gasteiger partial charge in [-0.15, -0.1) is 0 Å². The number of aromatic nitrogens is 1. The smallest absolute Gasteiger partial charge is 1.00 e. The number of rotatable bonds is 2.